The number of hydrogen-bond acceptors (Lipinski definition) is 4. The molecule has 5 heteroatoms. The number of fused-ring (bicyclic) bond motifs is 5. The molecule has 5 nitrogen and oxygen atoms in total. The number of rotatable bonds is 1. The first-order valence-corrected chi connectivity index (χ1v) is 8.49. The van der Waals surface area contributed by atoms with Gasteiger partial charge in [0, 0.05) is 38.2 Å². The van der Waals surface area contributed by atoms with E-state index in [4.69, 9.17) is 0 Å². The van der Waals surface area contributed by atoms with E-state index < -0.39 is 0 Å². The number of anilines is 1. The Kier molecular flexibility index (Phi) is 3.13. The van der Waals surface area contributed by atoms with Crippen LogP contribution in [0.25, 0.3) is 17.1 Å². The average molecular weight is 317 g/mol. The van der Waals surface area contributed by atoms with Crippen molar-refractivity contribution in [2.75, 3.05) is 31.1 Å². The van der Waals surface area contributed by atoms with Crippen molar-refractivity contribution in [3.63, 3.8) is 0 Å². The number of benzene rings is 2. The van der Waals surface area contributed by atoms with Crippen molar-refractivity contribution < 1.29 is 0 Å². The first-order chi connectivity index (χ1) is 11.9. The van der Waals surface area contributed by atoms with Gasteiger partial charge in [-0.3, -0.25) is 4.57 Å². The molecule has 2 aromatic carbocycles. The lowest BCUT2D eigenvalue weighted by Gasteiger charge is -2.28. The Bertz CT molecular complexity index is 892. The van der Waals surface area contributed by atoms with Crippen molar-refractivity contribution in [3.05, 3.63) is 59.7 Å². The Morgan fingerprint density at radius 3 is 2.46 bits per heavy atom. The predicted octanol–water partition coefficient (Wildman–Crippen LogP) is 2.25. The van der Waals surface area contributed by atoms with Crippen molar-refractivity contribution >= 4 is 5.95 Å². The van der Waals surface area contributed by atoms with Crippen molar-refractivity contribution in [1.29, 1.82) is 0 Å². The van der Waals surface area contributed by atoms with E-state index in [0.717, 1.165) is 44.4 Å². The highest BCUT2D eigenvalue weighted by Crippen LogP contribution is 2.35. The Morgan fingerprint density at radius 1 is 0.833 bits per heavy atom. The van der Waals surface area contributed by atoms with E-state index in [1.807, 2.05) is 0 Å². The Labute approximate surface area is 140 Å². The van der Waals surface area contributed by atoms with Crippen LogP contribution in [-0.2, 0) is 6.42 Å². The fraction of sp³-hybridized carbons (Fsp3) is 0.263. The van der Waals surface area contributed by atoms with Crippen LogP contribution in [0.5, 0.6) is 0 Å². The molecule has 120 valence electrons. The first-order valence-electron chi connectivity index (χ1n) is 8.49. The lowest BCUT2D eigenvalue weighted by Crippen LogP contribution is -2.44. The normalized spacial score (nSPS) is 16.1. The van der Waals surface area contributed by atoms with Gasteiger partial charge in [0.1, 0.15) is 0 Å². The Balaban J connectivity index is 1.77. The molecular formula is C19H19N5. The van der Waals surface area contributed by atoms with Crippen LogP contribution in [0.15, 0.2) is 48.5 Å². The standard InChI is InChI=1S/C19H19N5/c1-3-7-16-14(5-1)13-15-6-2-4-8-17(15)24-18(16)21-22-19(24)23-11-9-20-10-12-23/h1-8,20H,9-13H2. The second-order valence-corrected chi connectivity index (χ2v) is 6.36. The van der Waals surface area contributed by atoms with Crippen LogP contribution < -0.4 is 10.2 Å². The summed E-state index contributed by atoms with van der Waals surface area (Å²) in [4.78, 5) is 2.33. The van der Waals surface area contributed by atoms with E-state index in [9.17, 15) is 0 Å². The molecule has 0 unspecified atom stereocenters. The van der Waals surface area contributed by atoms with E-state index in [-0.39, 0.29) is 0 Å². The monoisotopic (exact) mass is 317 g/mol. The molecular weight excluding hydrogens is 298 g/mol. The van der Waals surface area contributed by atoms with Gasteiger partial charge in [0.2, 0.25) is 5.95 Å². The fourth-order valence-electron chi connectivity index (χ4n) is 3.72. The first kappa shape index (κ1) is 13.7. The molecule has 1 N–H and O–H groups in total. The maximum Gasteiger partial charge on any atom is 0.232 e. The van der Waals surface area contributed by atoms with Crippen molar-refractivity contribution in [2.45, 2.75) is 6.42 Å². The minimum atomic E-state index is 0.927. The SMILES string of the molecule is c1ccc2c(c1)Cc1ccccc1-n1c-2nnc1N1CCNCC1. The Morgan fingerprint density at radius 2 is 1.58 bits per heavy atom. The van der Waals surface area contributed by atoms with Crippen LogP contribution in [0.1, 0.15) is 11.1 Å². The summed E-state index contributed by atoms with van der Waals surface area (Å²) in [6.07, 6.45) is 0.927. The molecule has 1 saturated heterocycles. The number of nitrogens with one attached hydrogen (secondary N) is 1. The summed E-state index contributed by atoms with van der Waals surface area (Å²) in [5, 5.41) is 12.6. The summed E-state index contributed by atoms with van der Waals surface area (Å²) in [5.74, 6) is 1.90. The summed E-state index contributed by atoms with van der Waals surface area (Å²) < 4.78 is 2.24. The molecule has 0 spiro atoms. The number of nitrogens with zero attached hydrogens (tertiary/aromatic N) is 4. The number of para-hydroxylation sites is 1. The minimum Gasteiger partial charge on any atom is -0.338 e. The molecule has 1 fully saturated rings. The zero-order chi connectivity index (χ0) is 15.9. The molecule has 0 amide bonds. The van der Waals surface area contributed by atoms with Gasteiger partial charge in [0.05, 0.1) is 5.69 Å². The zero-order valence-electron chi connectivity index (χ0n) is 13.4. The van der Waals surface area contributed by atoms with Crippen LogP contribution in [0.4, 0.5) is 5.95 Å². The molecule has 3 aromatic rings. The van der Waals surface area contributed by atoms with Gasteiger partial charge >= 0.3 is 0 Å². The van der Waals surface area contributed by atoms with E-state index in [1.54, 1.807) is 0 Å². The zero-order valence-corrected chi connectivity index (χ0v) is 13.4. The van der Waals surface area contributed by atoms with Crippen LogP contribution in [0.2, 0.25) is 0 Å². The molecule has 24 heavy (non-hydrogen) atoms. The lowest BCUT2D eigenvalue weighted by atomic mass is 10.0. The summed E-state index contributed by atoms with van der Waals surface area (Å²) >= 11 is 0. The second-order valence-electron chi connectivity index (χ2n) is 6.36. The minimum absolute atomic E-state index is 0.927. The lowest BCUT2D eigenvalue weighted by molar-refractivity contribution is 0.577. The van der Waals surface area contributed by atoms with Crippen LogP contribution in [0.3, 0.4) is 0 Å². The maximum absolute atomic E-state index is 4.58. The van der Waals surface area contributed by atoms with Gasteiger partial charge in [0.15, 0.2) is 5.82 Å². The smallest absolute Gasteiger partial charge is 0.232 e. The molecule has 3 heterocycles. The van der Waals surface area contributed by atoms with Crippen molar-refractivity contribution in [1.82, 2.24) is 20.1 Å². The van der Waals surface area contributed by atoms with Gasteiger partial charge in [-0.1, -0.05) is 42.5 Å². The van der Waals surface area contributed by atoms with Crippen LogP contribution in [-0.4, -0.2) is 40.9 Å². The summed E-state index contributed by atoms with van der Waals surface area (Å²) in [5.41, 5.74) is 5.01. The highest BCUT2D eigenvalue weighted by Gasteiger charge is 2.26. The second kappa shape index (κ2) is 5.46. The van der Waals surface area contributed by atoms with Gasteiger partial charge in [-0.15, -0.1) is 10.2 Å². The third-order valence-corrected chi connectivity index (χ3v) is 4.92. The molecule has 0 bridgehead atoms. The third-order valence-electron chi connectivity index (χ3n) is 4.92. The van der Waals surface area contributed by atoms with Crippen molar-refractivity contribution in [2.24, 2.45) is 0 Å². The number of hydrogen-bond donors (Lipinski definition) is 1. The highest BCUT2D eigenvalue weighted by atomic mass is 15.4. The van der Waals surface area contributed by atoms with Gasteiger partial charge in [-0.2, -0.15) is 0 Å². The molecule has 5 rings (SSSR count). The van der Waals surface area contributed by atoms with Gasteiger partial charge in [-0.25, -0.2) is 0 Å². The summed E-state index contributed by atoms with van der Waals surface area (Å²) in [6.45, 7) is 3.89. The quantitative estimate of drug-likeness (QED) is 0.585. The summed E-state index contributed by atoms with van der Waals surface area (Å²) in [7, 11) is 0. The molecule has 0 radical (unpaired) electrons. The molecule has 0 saturated carbocycles. The van der Waals surface area contributed by atoms with Gasteiger partial charge < -0.3 is 10.2 Å². The molecule has 2 aliphatic rings. The van der Waals surface area contributed by atoms with Crippen LogP contribution in [0, 0.1) is 0 Å². The third kappa shape index (κ3) is 2.05. The molecule has 1 aromatic heterocycles. The molecule has 0 atom stereocenters. The average Bonchev–Trinajstić information content (AvgIpc) is 3.02. The van der Waals surface area contributed by atoms with E-state index in [1.165, 1.54) is 22.4 Å². The number of piperazine rings is 1. The highest BCUT2D eigenvalue weighted by molar-refractivity contribution is 5.70. The molecule has 2 aliphatic heterocycles. The van der Waals surface area contributed by atoms with E-state index >= 15 is 0 Å². The van der Waals surface area contributed by atoms with Gasteiger partial charge in [-0.05, 0) is 17.2 Å². The van der Waals surface area contributed by atoms with Crippen LogP contribution >= 0.6 is 0 Å². The topological polar surface area (TPSA) is 46.0 Å². The molecule has 0 aliphatic carbocycles. The maximum atomic E-state index is 4.58. The van der Waals surface area contributed by atoms with Crippen molar-refractivity contribution in [3.8, 4) is 17.1 Å². The van der Waals surface area contributed by atoms with E-state index in [2.05, 4.69) is 73.5 Å². The summed E-state index contributed by atoms with van der Waals surface area (Å²) in [6, 6.07) is 17.1. The van der Waals surface area contributed by atoms with E-state index in [0.29, 0.717) is 0 Å². The Hall–Kier alpha value is -2.66. The largest absolute Gasteiger partial charge is 0.338 e. The fourth-order valence-corrected chi connectivity index (χ4v) is 3.72. The number of aromatic nitrogens is 3. The predicted molar refractivity (Wildman–Crippen MR) is 94.7 cm³/mol. The van der Waals surface area contributed by atoms with Gasteiger partial charge in [0.25, 0.3) is 0 Å².